The fraction of sp³-hybridized carbons (Fsp3) is 0.269. The van der Waals surface area contributed by atoms with Crippen LogP contribution in [0, 0.1) is 12.7 Å². The molecule has 0 fully saturated rings. The van der Waals surface area contributed by atoms with E-state index in [2.05, 4.69) is 46.3 Å². The second-order valence-corrected chi connectivity index (χ2v) is 9.75. The van der Waals surface area contributed by atoms with E-state index in [1.807, 2.05) is 34.4 Å². The van der Waals surface area contributed by atoms with E-state index in [1.165, 1.54) is 12.1 Å². The van der Waals surface area contributed by atoms with Gasteiger partial charge in [-0.15, -0.1) is 10.2 Å². The number of hydrogen-bond acceptors (Lipinski definition) is 5. The Hall–Kier alpha value is -4.14. The molecule has 1 atom stereocenters. The third kappa shape index (κ3) is 4.14. The maximum atomic E-state index is 14.9. The van der Waals surface area contributed by atoms with Crippen LogP contribution in [-0.2, 0) is 5.41 Å². The number of hydrogen-bond donors (Lipinski definition) is 1. The normalized spacial score (nSPS) is 14.9. The van der Waals surface area contributed by atoms with Crippen molar-refractivity contribution in [1.82, 2.24) is 29.3 Å². The number of carbonyl (C=O) groups excluding carboxylic acids is 1. The lowest BCUT2D eigenvalue weighted by Gasteiger charge is -2.15. The van der Waals surface area contributed by atoms with Crippen LogP contribution in [0.1, 0.15) is 61.2 Å². The summed E-state index contributed by atoms with van der Waals surface area (Å²) in [6, 6.07) is 8.23. The van der Waals surface area contributed by atoms with Gasteiger partial charge < -0.3 is 9.88 Å². The molecule has 4 heterocycles. The van der Waals surface area contributed by atoms with Gasteiger partial charge in [-0.3, -0.25) is 9.36 Å². The molecule has 35 heavy (non-hydrogen) atoms. The van der Waals surface area contributed by atoms with Crippen molar-refractivity contribution < 1.29 is 9.18 Å². The lowest BCUT2D eigenvalue weighted by Crippen LogP contribution is -2.16. The van der Waals surface area contributed by atoms with E-state index in [4.69, 9.17) is 0 Å². The Kier molecular flexibility index (Phi) is 5.35. The monoisotopic (exact) mass is 471 g/mol. The minimum atomic E-state index is -0.605. The van der Waals surface area contributed by atoms with E-state index < -0.39 is 11.7 Å². The van der Waals surface area contributed by atoms with Gasteiger partial charge in [0.05, 0.1) is 29.3 Å². The summed E-state index contributed by atoms with van der Waals surface area (Å²) in [6.07, 6.45) is 7.52. The lowest BCUT2D eigenvalue weighted by molar-refractivity contribution is 0.102. The van der Waals surface area contributed by atoms with Gasteiger partial charge in [0.25, 0.3) is 5.91 Å². The predicted octanol–water partition coefficient (Wildman–Crippen LogP) is 5.11. The number of pyridine rings is 1. The van der Waals surface area contributed by atoms with Crippen molar-refractivity contribution in [3.63, 3.8) is 0 Å². The first-order valence-electron chi connectivity index (χ1n) is 11.4. The number of aromatic nitrogens is 6. The van der Waals surface area contributed by atoms with Gasteiger partial charge in [-0.2, -0.15) is 0 Å². The largest absolute Gasteiger partial charge is 0.306 e. The van der Waals surface area contributed by atoms with Crippen LogP contribution in [-0.4, -0.2) is 35.2 Å². The Balaban J connectivity index is 1.44. The summed E-state index contributed by atoms with van der Waals surface area (Å²) < 4.78 is 18.6. The molecule has 5 rings (SSSR count). The van der Waals surface area contributed by atoms with Crippen molar-refractivity contribution in [3.8, 4) is 17.2 Å². The third-order valence-corrected chi connectivity index (χ3v) is 6.03. The average molecular weight is 472 g/mol. The van der Waals surface area contributed by atoms with E-state index in [-0.39, 0.29) is 17.0 Å². The Labute approximate surface area is 202 Å². The van der Waals surface area contributed by atoms with E-state index >= 15 is 0 Å². The molecule has 9 heteroatoms. The molecule has 0 bridgehead atoms. The summed E-state index contributed by atoms with van der Waals surface area (Å²) in [4.78, 5) is 22.1. The van der Waals surface area contributed by atoms with Crippen molar-refractivity contribution in [2.45, 2.75) is 46.1 Å². The molecule has 1 aliphatic rings. The molecule has 1 amide bonds. The minimum Gasteiger partial charge on any atom is -0.306 e. The minimum absolute atomic E-state index is 0.0787. The molecule has 0 spiro atoms. The maximum absolute atomic E-state index is 14.9. The highest BCUT2D eigenvalue weighted by molar-refractivity contribution is 6.04. The molecular weight excluding hydrogens is 445 g/mol. The number of aryl methyl sites for hydroxylation is 1. The number of anilines is 1. The van der Waals surface area contributed by atoms with Crippen molar-refractivity contribution in [1.29, 1.82) is 0 Å². The molecule has 0 aliphatic carbocycles. The Morgan fingerprint density at radius 2 is 1.97 bits per heavy atom. The van der Waals surface area contributed by atoms with Gasteiger partial charge in [0.15, 0.2) is 11.6 Å². The quantitative estimate of drug-likeness (QED) is 0.447. The number of amides is 1. The summed E-state index contributed by atoms with van der Waals surface area (Å²) in [6.45, 7) is 10.1. The number of halogens is 1. The molecule has 178 valence electrons. The summed E-state index contributed by atoms with van der Waals surface area (Å²) in [5.74, 6) is 0.458. The summed E-state index contributed by atoms with van der Waals surface area (Å²) in [7, 11) is 0. The van der Waals surface area contributed by atoms with Gasteiger partial charge in [-0.25, -0.2) is 14.4 Å². The molecule has 1 aliphatic heterocycles. The van der Waals surface area contributed by atoms with E-state index in [0.29, 0.717) is 28.6 Å². The van der Waals surface area contributed by atoms with Gasteiger partial charge in [-0.05, 0) is 49.8 Å². The molecule has 0 saturated heterocycles. The maximum Gasteiger partial charge on any atom is 0.259 e. The van der Waals surface area contributed by atoms with Crippen molar-refractivity contribution in [2.24, 2.45) is 0 Å². The second kappa shape index (κ2) is 8.26. The van der Waals surface area contributed by atoms with Crippen molar-refractivity contribution in [3.05, 3.63) is 77.4 Å². The molecule has 0 radical (unpaired) electrons. The number of allylic oxidation sites excluding steroid dienone is 1. The summed E-state index contributed by atoms with van der Waals surface area (Å²) >= 11 is 0. The Morgan fingerprint density at radius 1 is 1.17 bits per heavy atom. The Bertz CT molecular complexity index is 1480. The molecule has 8 nitrogen and oxygen atoms in total. The number of benzene rings is 1. The summed E-state index contributed by atoms with van der Waals surface area (Å²) in [5, 5.41) is 11.1. The average Bonchev–Trinajstić information content (AvgIpc) is 3.52. The number of nitrogens with zero attached hydrogens (tertiary/aromatic N) is 6. The van der Waals surface area contributed by atoms with Gasteiger partial charge in [0.2, 0.25) is 0 Å². The van der Waals surface area contributed by atoms with Crippen LogP contribution in [0.15, 0.2) is 48.9 Å². The number of imidazole rings is 1. The van der Waals surface area contributed by atoms with Gasteiger partial charge in [-0.1, -0.05) is 32.9 Å². The van der Waals surface area contributed by atoms with E-state index in [9.17, 15) is 9.18 Å². The topological polar surface area (TPSA) is 90.5 Å². The Morgan fingerprint density at radius 3 is 2.71 bits per heavy atom. The molecule has 3 aromatic heterocycles. The van der Waals surface area contributed by atoms with Crippen LogP contribution in [0.3, 0.4) is 0 Å². The number of nitrogens with one attached hydrogen (secondary N) is 1. The fourth-order valence-electron chi connectivity index (χ4n) is 4.07. The molecular formula is C26H26FN7O. The second-order valence-electron chi connectivity index (χ2n) is 9.75. The highest BCUT2D eigenvalue weighted by Crippen LogP contribution is 2.28. The van der Waals surface area contributed by atoms with Crippen LogP contribution in [0.4, 0.5) is 10.2 Å². The van der Waals surface area contributed by atoms with Crippen LogP contribution >= 0.6 is 0 Å². The highest BCUT2D eigenvalue weighted by Gasteiger charge is 2.22. The molecule has 1 N–H and O–H groups in total. The molecule has 0 unspecified atom stereocenters. The standard InChI is InChI=1S/C26H26FN7O/c1-15-11-18(27)17(12-20(15)33-13-21(28-14-33)26(3,4)5)25(35)30-22-8-6-7-19(29-22)24-32-31-23-10-9-16(2)34(23)24/h6-14,16H,1-5H3,(H,29,30,35)/t16-/m1/s1. The van der Waals surface area contributed by atoms with Gasteiger partial charge in [0.1, 0.15) is 17.3 Å². The van der Waals surface area contributed by atoms with Crippen LogP contribution in [0.2, 0.25) is 0 Å². The van der Waals surface area contributed by atoms with Gasteiger partial charge in [0, 0.05) is 11.6 Å². The molecule has 1 aromatic carbocycles. The van der Waals surface area contributed by atoms with Crippen molar-refractivity contribution in [2.75, 3.05) is 5.32 Å². The first-order valence-corrected chi connectivity index (χ1v) is 11.4. The number of rotatable bonds is 4. The van der Waals surface area contributed by atoms with Gasteiger partial charge >= 0.3 is 0 Å². The number of carbonyl (C=O) groups is 1. The zero-order valence-electron chi connectivity index (χ0n) is 20.2. The number of fused-ring (bicyclic) bond motifs is 1. The van der Waals surface area contributed by atoms with Crippen LogP contribution in [0.25, 0.3) is 23.3 Å². The van der Waals surface area contributed by atoms with Crippen LogP contribution < -0.4 is 5.32 Å². The molecule has 0 saturated carbocycles. The zero-order valence-corrected chi connectivity index (χ0v) is 20.2. The first kappa shape index (κ1) is 22.6. The SMILES string of the molecule is Cc1cc(F)c(C(=O)Nc2cccc(-c3nnc4n3[C@H](C)C=C4)n2)cc1-n1cnc(C(C)(C)C)c1. The predicted molar refractivity (Wildman–Crippen MR) is 132 cm³/mol. The van der Waals surface area contributed by atoms with E-state index in [1.54, 1.807) is 31.5 Å². The van der Waals surface area contributed by atoms with Crippen LogP contribution in [0.5, 0.6) is 0 Å². The van der Waals surface area contributed by atoms with Crippen molar-refractivity contribution >= 4 is 17.8 Å². The smallest absolute Gasteiger partial charge is 0.259 e. The summed E-state index contributed by atoms with van der Waals surface area (Å²) in [5.41, 5.74) is 2.63. The fourth-order valence-corrected chi connectivity index (χ4v) is 4.07. The lowest BCUT2D eigenvalue weighted by atomic mass is 9.93. The van der Waals surface area contributed by atoms with E-state index in [0.717, 1.165) is 11.5 Å². The zero-order chi connectivity index (χ0) is 24.9. The highest BCUT2D eigenvalue weighted by atomic mass is 19.1. The molecule has 4 aromatic rings. The third-order valence-electron chi connectivity index (χ3n) is 6.03. The first-order chi connectivity index (χ1) is 16.6.